The summed E-state index contributed by atoms with van der Waals surface area (Å²) in [7, 11) is 1.85. The molecule has 0 bridgehead atoms. The highest BCUT2D eigenvalue weighted by Crippen LogP contribution is 2.23. The van der Waals surface area contributed by atoms with E-state index in [2.05, 4.69) is 15.6 Å². The average Bonchev–Trinajstić information content (AvgIpc) is 2.70. The van der Waals surface area contributed by atoms with Gasteiger partial charge in [-0.05, 0) is 12.8 Å². The van der Waals surface area contributed by atoms with Gasteiger partial charge in [0.2, 0.25) is 0 Å². The molecule has 3 N–H and O–H groups in total. The molecule has 2 unspecified atom stereocenters. The van der Waals surface area contributed by atoms with E-state index < -0.39 is 11.9 Å². The van der Waals surface area contributed by atoms with E-state index in [1.165, 1.54) is 0 Å². The summed E-state index contributed by atoms with van der Waals surface area (Å²) >= 11 is 0. The summed E-state index contributed by atoms with van der Waals surface area (Å²) in [5, 5.41) is 14.8. The van der Waals surface area contributed by atoms with Crippen molar-refractivity contribution in [1.29, 1.82) is 0 Å². The Kier molecular flexibility index (Phi) is 5.19. The third kappa shape index (κ3) is 4.21. The van der Waals surface area contributed by atoms with Gasteiger partial charge in [-0.1, -0.05) is 19.3 Å². The van der Waals surface area contributed by atoms with Crippen LogP contribution in [0.2, 0.25) is 0 Å². The lowest BCUT2D eigenvalue weighted by atomic mass is 9.95. The molecule has 1 aliphatic rings. The number of hydrogen-bond donors (Lipinski definition) is 3. The zero-order valence-electron chi connectivity index (χ0n) is 12.2. The monoisotopic (exact) mass is 294 g/mol. The Morgan fingerprint density at radius 1 is 1.38 bits per heavy atom. The molecule has 21 heavy (non-hydrogen) atoms. The summed E-state index contributed by atoms with van der Waals surface area (Å²) in [6.07, 6.45) is 7.70. The van der Waals surface area contributed by atoms with E-state index in [1.807, 2.05) is 11.6 Å². The van der Waals surface area contributed by atoms with Crippen LogP contribution in [0, 0.1) is 5.92 Å². The maximum atomic E-state index is 11.9. The quantitative estimate of drug-likeness (QED) is 0.728. The molecule has 2 atom stereocenters. The molecule has 0 radical (unpaired) electrons. The van der Waals surface area contributed by atoms with Gasteiger partial charge >= 0.3 is 12.0 Å². The fourth-order valence-electron chi connectivity index (χ4n) is 2.72. The number of aliphatic carboxylic acids is 1. The van der Waals surface area contributed by atoms with Crippen molar-refractivity contribution in [2.24, 2.45) is 13.0 Å². The molecule has 1 saturated carbocycles. The standard InChI is InChI=1S/C14H22N4O3/c1-18-8-7-15-12(18)9-16-14(21)17-11-6-4-2-3-5-10(11)13(19)20/h7-8,10-11H,2-6,9H2,1H3,(H,19,20)(H2,16,17,21). The van der Waals surface area contributed by atoms with Crippen LogP contribution in [0.1, 0.15) is 37.9 Å². The van der Waals surface area contributed by atoms with Gasteiger partial charge in [0.1, 0.15) is 5.82 Å². The topological polar surface area (TPSA) is 96.3 Å². The number of imidazole rings is 1. The van der Waals surface area contributed by atoms with E-state index >= 15 is 0 Å². The fraction of sp³-hybridized carbons (Fsp3) is 0.643. The SMILES string of the molecule is Cn1ccnc1CNC(=O)NC1CCCCCC1C(=O)O. The molecule has 2 rings (SSSR count). The summed E-state index contributed by atoms with van der Waals surface area (Å²) in [5.41, 5.74) is 0. The van der Waals surface area contributed by atoms with Gasteiger partial charge in [0, 0.05) is 25.5 Å². The first-order valence-corrected chi connectivity index (χ1v) is 7.31. The second kappa shape index (κ2) is 7.10. The average molecular weight is 294 g/mol. The number of aromatic nitrogens is 2. The van der Waals surface area contributed by atoms with E-state index in [-0.39, 0.29) is 12.1 Å². The molecule has 116 valence electrons. The van der Waals surface area contributed by atoms with Gasteiger partial charge < -0.3 is 20.3 Å². The van der Waals surface area contributed by atoms with Crippen LogP contribution in [0.15, 0.2) is 12.4 Å². The minimum atomic E-state index is -0.827. The Hall–Kier alpha value is -2.05. The number of carboxylic acids is 1. The maximum absolute atomic E-state index is 11.9. The minimum Gasteiger partial charge on any atom is -0.481 e. The van der Waals surface area contributed by atoms with Crippen molar-refractivity contribution in [3.8, 4) is 0 Å². The first kappa shape index (κ1) is 15.3. The van der Waals surface area contributed by atoms with Gasteiger partial charge in [0.25, 0.3) is 0 Å². The van der Waals surface area contributed by atoms with Crippen LogP contribution in [0.5, 0.6) is 0 Å². The fourth-order valence-corrected chi connectivity index (χ4v) is 2.72. The van der Waals surface area contributed by atoms with Gasteiger partial charge in [0.05, 0.1) is 12.5 Å². The third-order valence-electron chi connectivity index (χ3n) is 3.98. The zero-order chi connectivity index (χ0) is 15.2. The number of amides is 2. The van der Waals surface area contributed by atoms with Crippen molar-refractivity contribution in [2.75, 3.05) is 0 Å². The Balaban J connectivity index is 1.87. The smallest absolute Gasteiger partial charge is 0.315 e. The molecule has 0 saturated heterocycles. The molecule has 1 aromatic rings. The summed E-state index contributed by atoms with van der Waals surface area (Å²) in [5.74, 6) is -0.571. The molecule has 2 amide bonds. The third-order valence-corrected chi connectivity index (χ3v) is 3.98. The van der Waals surface area contributed by atoms with Crippen molar-refractivity contribution < 1.29 is 14.7 Å². The van der Waals surface area contributed by atoms with Crippen molar-refractivity contribution in [2.45, 2.75) is 44.7 Å². The number of urea groups is 1. The molecule has 1 heterocycles. The molecule has 1 aromatic heterocycles. The number of carbonyl (C=O) groups excluding carboxylic acids is 1. The summed E-state index contributed by atoms with van der Waals surface area (Å²) in [6, 6.07) is -0.637. The molecule has 0 aliphatic heterocycles. The lowest BCUT2D eigenvalue weighted by Gasteiger charge is -2.23. The van der Waals surface area contributed by atoms with Gasteiger partial charge in [-0.3, -0.25) is 4.79 Å². The second-order valence-electron chi connectivity index (χ2n) is 5.47. The number of nitrogens with zero attached hydrogens (tertiary/aromatic N) is 2. The number of nitrogens with one attached hydrogen (secondary N) is 2. The molecule has 7 heteroatoms. The van der Waals surface area contributed by atoms with Crippen molar-refractivity contribution in [1.82, 2.24) is 20.2 Å². The lowest BCUT2D eigenvalue weighted by molar-refractivity contribution is -0.142. The van der Waals surface area contributed by atoms with Gasteiger partial charge in [-0.15, -0.1) is 0 Å². The van der Waals surface area contributed by atoms with Crippen molar-refractivity contribution in [3.63, 3.8) is 0 Å². The Morgan fingerprint density at radius 3 is 2.81 bits per heavy atom. The van der Waals surface area contributed by atoms with Crippen LogP contribution < -0.4 is 10.6 Å². The number of aryl methyl sites for hydroxylation is 1. The van der Waals surface area contributed by atoms with Crippen molar-refractivity contribution in [3.05, 3.63) is 18.2 Å². The predicted octanol–water partition coefficient (Wildman–Crippen LogP) is 1.25. The molecule has 1 fully saturated rings. The van der Waals surface area contributed by atoms with Crippen LogP contribution >= 0.6 is 0 Å². The molecule has 0 aromatic carbocycles. The van der Waals surface area contributed by atoms with Crippen LogP contribution in [0.25, 0.3) is 0 Å². The van der Waals surface area contributed by atoms with Crippen LogP contribution in [-0.4, -0.2) is 32.7 Å². The highest BCUT2D eigenvalue weighted by Gasteiger charge is 2.30. The minimum absolute atomic E-state index is 0.300. The van der Waals surface area contributed by atoms with Gasteiger partial charge in [0.15, 0.2) is 0 Å². The number of carbonyl (C=O) groups is 2. The van der Waals surface area contributed by atoms with E-state index in [0.29, 0.717) is 19.4 Å². The predicted molar refractivity (Wildman–Crippen MR) is 76.6 cm³/mol. The molecular weight excluding hydrogens is 272 g/mol. The number of rotatable bonds is 4. The summed E-state index contributed by atoms with van der Waals surface area (Å²) < 4.78 is 1.83. The number of hydrogen-bond acceptors (Lipinski definition) is 3. The molecule has 1 aliphatic carbocycles. The Bertz CT molecular complexity index is 500. The largest absolute Gasteiger partial charge is 0.481 e. The van der Waals surface area contributed by atoms with Crippen LogP contribution in [0.4, 0.5) is 4.79 Å². The molecule has 0 spiro atoms. The van der Waals surface area contributed by atoms with Gasteiger partial charge in [-0.25, -0.2) is 9.78 Å². The Labute approximate surface area is 123 Å². The lowest BCUT2D eigenvalue weighted by Crippen LogP contribution is -2.47. The van der Waals surface area contributed by atoms with Gasteiger partial charge in [-0.2, -0.15) is 0 Å². The summed E-state index contributed by atoms with van der Waals surface area (Å²) in [6.45, 7) is 0.319. The maximum Gasteiger partial charge on any atom is 0.315 e. The van der Waals surface area contributed by atoms with Crippen molar-refractivity contribution >= 4 is 12.0 Å². The normalized spacial score (nSPS) is 22.3. The van der Waals surface area contributed by atoms with Crippen LogP contribution in [-0.2, 0) is 18.4 Å². The highest BCUT2D eigenvalue weighted by atomic mass is 16.4. The van der Waals surface area contributed by atoms with E-state index in [1.54, 1.807) is 12.4 Å². The first-order chi connectivity index (χ1) is 10.1. The first-order valence-electron chi connectivity index (χ1n) is 7.31. The van der Waals surface area contributed by atoms with E-state index in [4.69, 9.17) is 0 Å². The van der Waals surface area contributed by atoms with Crippen LogP contribution in [0.3, 0.4) is 0 Å². The number of carboxylic acid groups (broad SMARTS) is 1. The van der Waals surface area contributed by atoms with E-state index in [9.17, 15) is 14.7 Å². The molecule has 7 nitrogen and oxygen atoms in total. The second-order valence-corrected chi connectivity index (χ2v) is 5.47. The van der Waals surface area contributed by atoms with E-state index in [0.717, 1.165) is 25.1 Å². The summed E-state index contributed by atoms with van der Waals surface area (Å²) in [4.78, 5) is 27.4. The Morgan fingerprint density at radius 2 is 2.14 bits per heavy atom. The molecular formula is C14H22N4O3. The highest BCUT2D eigenvalue weighted by molar-refractivity contribution is 5.76. The zero-order valence-corrected chi connectivity index (χ0v) is 12.2.